The fourth-order valence-electron chi connectivity index (χ4n) is 0. The molecule has 0 saturated heterocycles. The highest BCUT2D eigenvalue weighted by Gasteiger charge is 2.16. The summed E-state index contributed by atoms with van der Waals surface area (Å²) in [6.45, 7) is 6.97. The normalized spacial score (nSPS) is 6.17. The van der Waals surface area contributed by atoms with Crippen molar-refractivity contribution in [3.63, 3.8) is 0 Å². The third kappa shape index (κ3) is 170. The summed E-state index contributed by atoms with van der Waals surface area (Å²) in [4.78, 5) is 8.56. The van der Waals surface area contributed by atoms with E-state index in [1.165, 1.54) is 0 Å². The molecule has 0 aliphatic rings. The molecule has 0 bridgehead atoms. The Balaban J connectivity index is -0.000000101. The highest BCUT2D eigenvalue weighted by molar-refractivity contribution is 6.09. The van der Waals surface area contributed by atoms with Crippen molar-refractivity contribution in [3.8, 4) is 0 Å². The van der Waals surface area contributed by atoms with Crippen LogP contribution in [0.5, 0.6) is 0 Å². The SMILES string of the molecule is C=C[CH2][Mg+2].C=C[CH2][Mg+2].O=C(O)O. The Kier molecular flexibility index (Phi) is 34.0. The Morgan fingerprint density at radius 3 is 1.25 bits per heavy atom. The van der Waals surface area contributed by atoms with Crippen LogP contribution in [0.15, 0.2) is 25.3 Å². The van der Waals surface area contributed by atoms with E-state index in [1.54, 1.807) is 0 Å². The van der Waals surface area contributed by atoms with E-state index in [9.17, 15) is 0 Å². The fourth-order valence-corrected chi connectivity index (χ4v) is 0. The molecule has 5 heteroatoms. The van der Waals surface area contributed by atoms with Crippen LogP contribution in [0, 0.1) is 0 Å². The number of hydrogen-bond donors (Lipinski definition) is 2. The summed E-state index contributed by atoms with van der Waals surface area (Å²) in [5, 5.41) is 13.9. The van der Waals surface area contributed by atoms with Gasteiger partial charge in [-0.15, -0.1) is 0 Å². The average Bonchev–Trinajstić information content (AvgIpc) is 2.03. The molecule has 0 saturated carbocycles. The Bertz CT molecular complexity index is 103. The van der Waals surface area contributed by atoms with Gasteiger partial charge < -0.3 is 10.2 Å². The zero-order valence-electron chi connectivity index (χ0n) is 7.20. The lowest BCUT2D eigenvalue weighted by molar-refractivity contribution is 0.137. The zero-order chi connectivity index (χ0) is 10.4. The van der Waals surface area contributed by atoms with Gasteiger partial charge >= 0.3 is 49.6 Å². The van der Waals surface area contributed by atoms with Gasteiger partial charge in [-0.1, -0.05) is 13.2 Å². The van der Waals surface area contributed by atoms with E-state index in [-0.39, 0.29) is 0 Å². The molecule has 14 radical (unpaired) electrons. The highest BCUT2D eigenvalue weighted by atomic mass is 24.4. The van der Waals surface area contributed by atoms with Crippen molar-refractivity contribution in [2.75, 3.05) is 0 Å². The van der Waals surface area contributed by atoms with Crippen molar-refractivity contribution in [1.29, 1.82) is 0 Å². The summed E-state index contributed by atoms with van der Waals surface area (Å²) in [5.41, 5.74) is 0. The molecular formula is C7H12Mg2O3+4. The predicted octanol–water partition coefficient (Wildman–Crippen LogP) is 1.74. The molecule has 3 nitrogen and oxygen atoms in total. The van der Waals surface area contributed by atoms with Crippen LogP contribution in [-0.4, -0.2) is 59.8 Å². The van der Waals surface area contributed by atoms with E-state index in [0.29, 0.717) is 0 Å². The first-order valence-corrected chi connectivity index (χ1v) is 5.28. The van der Waals surface area contributed by atoms with Crippen molar-refractivity contribution in [1.82, 2.24) is 0 Å². The predicted molar refractivity (Wildman–Crippen MR) is 52.2 cm³/mol. The number of carboxylic acid groups (broad SMARTS) is 2. The molecule has 0 amide bonds. The first kappa shape index (κ1) is 18.1. The number of hydrogen-bond acceptors (Lipinski definition) is 1. The molecule has 12 heavy (non-hydrogen) atoms. The smallest absolute Gasteiger partial charge is 0.450 e. The van der Waals surface area contributed by atoms with E-state index in [4.69, 9.17) is 15.0 Å². The molecule has 0 rings (SSSR count). The van der Waals surface area contributed by atoms with Gasteiger partial charge in [0.2, 0.25) is 0 Å². The van der Waals surface area contributed by atoms with Gasteiger partial charge in [0.1, 0.15) is 0 Å². The van der Waals surface area contributed by atoms with Crippen molar-refractivity contribution in [3.05, 3.63) is 25.3 Å². The number of allylic oxidation sites excluding steroid dienone is 2. The van der Waals surface area contributed by atoms with Crippen LogP contribution in [-0.2, 0) is 0 Å². The maximum Gasteiger partial charge on any atom is 1.42 e. The van der Waals surface area contributed by atoms with E-state index >= 15 is 0 Å². The van der Waals surface area contributed by atoms with E-state index < -0.39 is 6.16 Å². The van der Waals surface area contributed by atoms with Crippen molar-refractivity contribution < 1.29 is 15.0 Å². The van der Waals surface area contributed by atoms with Crippen molar-refractivity contribution in [2.24, 2.45) is 0 Å². The molecular weight excluding hydrogens is 181 g/mol. The van der Waals surface area contributed by atoms with Gasteiger partial charge in [-0.25, -0.2) is 4.79 Å². The van der Waals surface area contributed by atoms with Crippen LogP contribution in [0.25, 0.3) is 0 Å². The summed E-state index contributed by atoms with van der Waals surface area (Å²) in [7, 11) is 0. The standard InChI is InChI=1S/2C3H5.CH2O3.2Mg/c2*1-3-2;2-1(3)4;;/h2*3H,1-2H2;(H2,2,3,4);;/q;;;2*+2. The van der Waals surface area contributed by atoms with Gasteiger partial charge in [0.15, 0.2) is 0 Å². The minimum Gasteiger partial charge on any atom is -0.450 e. The number of rotatable bonds is 2. The van der Waals surface area contributed by atoms with E-state index in [0.717, 1.165) is 9.10 Å². The first-order chi connectivity index (χ1) is 5.56. The largest absolute Gasteiger partial charge is 1.42 e. The van der Waals surface area contributed by atoms with Gasteiger partial charge in [0.05, 0.1) is 0 Å². The molecule has 0 unspecified atom stereocenters. The second kappa shape index (κ2) is 22.5. The molecule has 0 heterocycles. The Morgan fingerprint density at radius 1 is 1.17 bits per heavy atom. The molecule has 0 aromatic rings. The quantitative estimate of drug-likeness (QED) is 0.518. The average molecular weight is 193 g/mol. The van der Waals surface area contributed by atoms with Crippen LogP contribution < -0.4 is 0 Å². The molecule has 2 N–H and O–H groups in total. The topological polar surface area (TPSA) is 57.5 Å². The lowest BCUT2D eigenvalue weighted by Gasteiger charge is -1.60. The lowest BCUT2D eigenvalue weighted by Crippen LogP contribution is -1.81. The third-order valence-electron chi connectivity index (χ3n) is 0.408. The molecule has 0 aliphatic carbocycles. The third-order valence-corrected chi connectivity index (χ3v) is 1.22. The Labute approximate surface area is 98.4 Å². The van der Waals surface area contributed by atoms with Crippen LogP contribution >= 0.6 is 0 Å². The van der Waals surface area contributed by atoms with Gasteiger partial charge in [-0.05, 0) is 12.2 Å². The second-order valence-corrected chi connectivity index (χ2v) is 2.59. The van der Waals surface area contributed by atoms with Gasteiger partial charge in [-0.2, -0.15) is 0 Å². The molecule has 0 aromatic heterocycles. The van der Waals surface area contributed by atoms with Gasteiger partial charge in [-0.3, -0.25) is 0 Å². The number of carbonyl (C=O) groups is 1. The summed E-state index contributed by atoms with van der Waals surface area (Å²) >= 11 is 3.81. The van der Waals surface area contributed by atoms with Crippen LogP contribution in [0.2, 0.25) is 9.10 Å². The summed E-state index contributed by atoms with van der Waals surface area (Å²) in [6.07, 6.45) is 1.94. The van der Waals surface area contributed by atoms with Gasteiger partial charge in [0.25, 0.3) is 9.10 Å². The van der Waals surface area contributed by atoms with Crippen molar-refractivity contribution in [2.45, 2.75) is 9.10 Å². The van der Waals surface area contributed by atoms with Crippen LogP contribution in [0.4, 0.5) is 4.79 Å². The highest BCUT2D eigenvalue weighted by Crippen LogP contribution is 1.62. The van der Waals surface area contributed by atoms with E-state index in [2.05, 4.69) is 13.2 Å². The molecule has 0 atom stereocenters. The van der Waals surface area contributed by atoms with Crippen molar-refractivity contribution >= 4 is 49.6 Å². The maximum atomic E-state index is 8.56. The zero-order valence-corrected chi connectivity index (χ0v) is 10.0. The molecule has 0 fully saturated rings. The van der Waals surface area contributed by atoms with Crippen LogP contribution in [0.1, 0.15) is 0 Å². The first-order valence-electron chi connectivity index (χ1n) is 3.28. The molecule has 0 aliphatic heterocycles. The fraction of sp³-hybridized carbons (Fsp3) is 0.286. The van der Waals surface area contributed by atoms with Gasteiger partial charge in [0, 0.05) is 0 Å². The minimum atomic E-state index is -1.83. The summed E-state index contributed by atoms with van der Waals surface area (Å²) in [5.74, 6) is 0. The molecule has 0 spiro atoms. The Hall–Kier alpha value is 0.282. The molecule has 58 valence electrons. The maximum absolute atomic E-state index is 8.56. The lowest BCUT2D eigenvalue weighted by atomic mass is 10.8. The molecule has 0 aromatic carbocycles. The van der Waals surface area contributed by atoms with E-state index in [1.807, 2.05) is 55.6 Å². The minimum absolute atomic E-state index is 1.11. The second-order valence-electron chi connectivity index (χ2n) is 1.44. The monoisotopic (exact) mass is 192 g/mol. The summed E-state index contributed by atoms with van der Waals surface area (Å²) < 4.78 is 2.22. The Morgan fingerprint density at radius 2 is 1.25 bits per heavy atom. The van der Waals surface area contributed by atoms with Crippen LogP contribution in [0.3, 0.4) is 0 Å². The summed E-state index contributed by atoms with van der Waals surface area (Å²) in [6, 6.07) is 0.